The van der Waals surface area contributed by atoms with E-state index in [2.05, 4.69) is 6.92 Å². The van der Waals surface area contributed by atoms with Crippen LogP contribution in [0.15, 0.2) is 24.5 Å². The molecule has 1 fully saturated rings. The highest BCUT2D eigenvalue weighted by Crippen LogP contribution is 2.32. The Labute approximate surface area is 128 Å². The van der Waals surface area contributed by atoms with Gasteiger partial charge in [-0.05, 0) is 38.5 Å². The minimum atomic E-state index is 0.109. The quantitative estimate of drug-likeness (QED) is 0.855. The first-order chi connectivity index (χ1) is 10.1. The van der Waals surface area contributed by atoms with Gasteiger partial charge in [-0.2, -0.15) is 0 Å². The minimum Gasteiger partial charge on any atom is -0.375 e. The van der Waals surface area contributed by atoms with Gasteiger partial charge in [-0.1, -0.05) is 0 Å². The predicted molar refractivity (Wildman–Crippen MR) is 84.4 cm³/mol. The zero-order chi connectivity index (χ0) is 15.0. The minimum absolute atomic E-state index is 0.109. The third-order valence-electron chi connectivity index (χ3n) is 3.95. The summed E-state index contributed by atoms with van der Waals surface area (Å²) in [4.78, 5) is 16.1. The number of thiophene rings is 1. The van der Waals surface area contributed by atoms with Crippen molar-refractivity contribution in [1.29, 1.82) is 0 Å². The lowest BCUT2D eigenvalue weighted by molar-refractivity contribution is -0.0124. The summed E-state index contributed by atoms with van der Waals surface area (Å²) in [7, 11) is 0. The molecule has 3 rings (SSSR count). The van der Waals surface area contributed by atoms with Gasteiger partial charge in [0.05, 0.1) is 18.3 Å². The van der Waals surface area contributed by atoms with Crippen LogP contribution in [0.2, 0.25) is 0 Å². The van der Waals surface area contributed by atoms with Crippen molar-refractivity contribution in [2.24, 2.45) is 0 Å². The summed E-state index contributed by atoms with van der Waals surface area (Å²) in [6.45, 7) is 8.08. The van der Waals surface area contributed by atoms with Crippen molar-refractivity contribution in [3.63, 3.8) is 0 Å². The first-order valence-electron chi connectivity index (χ1n) is 7.22. The van der Waals surface area contributed by atoms with Crippen LogP contribution in [-0.2, 0) is 4.74 Å². The van der Waals surface area contributed by atoms with E-state index in [9.17, 15) is 4.79 Å². The molecule has 0 radical (unpaired) electrons. The van der Waals surface area contributed by atoms with Crippen molar-refractivity contribution in [2.75, 3.05) is 19.7 Å². The largest absolute Gasteiger partial charge is 0.375 e. The van der Waals surface area contributed by atoms with Crippen molar-refractivity contribution in [2.45, 2.75) is 26.9 Å². The Morgan fingerprint density at radius 1 is 1.33 bits per heavy atom. The van der Waals surface area contributed by atoms with Crippen molar-refractivity contribution < 1.29 is 9.53 Å². The highest BCUT2D eigenvalue weighted by atomic mass is 32.1. The van der Waals surface area contributed by atoms with Gasteiger partial charge in [-0.15, -0.1) is 11.3 Å². The van der Waals surface area contributed by atoms with Gasteiger partial charge >= 0.3 is 0 Å². The number of aryl methyl sites for hydroxylation is 1. The summed E-state index contributed by atoms with van der Waals surface area (Å²) in [5.74, 6) is 0.121. The average Bonchev–Trinajstić information content (AvgIpc) is 3.08. The molecule has 2 aromatic heterocycles. The van der Waals surface area contributed by atoms with Crippen LogP contribution in [0, 0.1) is 13.8 Å². The monoisotopic (exact) mass is 304 g/mol. The third-order valence-corrected chi connectivity index (χ3v) is 5.17. The predicted octanol–water partition coefficient (Wildman–Crippen LogP) is 3.02. The van der Waals surface area contributed by atoms with E-state index in [4.69, 9.17) is 4.74 Å². The number of hydrogen-bond donors (Lipinski definition) is 0. The maximum absolute atomic E-state index is 13.0. The Morgan fingerprint density at radius 3 is 2.71 bits per heavy atom. The van der Waals surface area contributed by atoms with Crippen LogP contribution >= 0.6 is 11.3 Å². The molecular formula is C16H20N2O2S. The van der Waals surface area contributed by atoms with Gasteiger partial charge in [-0.3, -0.25) is 4.79 Å². The van der Waals surface area contributed by atoms with Crippen LogP contribution in [0.1, 0.15) is 27.7 Å². The van der Waals surface area contributed by atoms with Crippen LogP contribution in [-0.4, -0.2) is 41.2 Å². The molecule has 3 heterocycles. The van der Waals surface area contributed by atoms with Crippen molar-refractivity contribution in [1.82, 2.24) is 9.47 Å². The molecule has 0 bridgehead atoms. The molecular weight excluding hydrogens is 284 g/mol. The molecule has 0 N–H and O–H groups in total. The summed E-state index contributed by atoms with van der Waals surface area (Å²) in [5.41, 5.74) is 1.93. The van der Waals surface area contributed by atoms with Gasteiger partial charge in [0.15, 0.2) is 0 Å². The fraction of sp³-hybridized carbons (Fsp3) is 0.438. The lowest BCUT2D eigenvalue weighted by Gasteiger charge is -2.31. The average molecular weight is 304 g/mol. The molecule has 1 amide bonds. The number of amides is 1. The molecule has 5 heteroatoms. The zero-order valence-corrected chi connectivity index (χ0v) is 13.4. The third kappa shape index (κ3) is 2.63. The van der Waals surface area contributed by atoms with Gasteiger partial charge in [0.1, 0.15) is 5.00 Å². The zero-order valence-electron chi connectivity index (χ0n) is 12.6. The molecule has 0 unspecified atom stereocenters. The molecule has 2 aromatic rings. The molecule has 1 aliphatic heterocycles. The van der Waals surface area contributed by atoms with Crippen LogP contribution in [0.3, 0.4) is 0 Å². The SMILES string of the molecule is Cc1sc(-n2cccc2)c(C(=O)N2CCO[C@H](C)C2)c1C. The van der Waals surface area contributed by atoms with Crippen LogP contribution < -0.4 is 0 Å². The van der Waals surface area contributed by atoms with Gasteiger partial charge in [0, 0.05) is 30.4 Å². The number of carbonyl (C=O) groups excluding carboxylic acids is 1. The molecule has 4 nitrogen and oxygen atoms in total. The molecule has 0 spiro atoms. The number of nitrogens with zero attached hydrogens (tertiary/aromatic N) is 2. The summed E-state index contributed by atoms with van der Waals surface area (Å²) in [5, 5.41) is 1.01. The van der Waals surface area contributed by atoms with Gasteiger partial charge in [0.2, 0.25) is 0 Å². The first kappa shape index (κ1) is 14.4. The van der Waals surface area contributed by atoms with E-state index in [1.165, 1.54) is 4.88 Å². The lowest BCUT2D eigenvalue weighted by atomic mass is 10.1. The van der Waals surface area contributed by atoms with Crippen molar-refractivity contribution in [3.8, 4) is 5.00 Å². The van der Waals surface area contributed by atoms with E-state index < -0.39 is 0 Å². The maximum Gasteiger partial charge on any atom is 0.257 e. The summed E-state index contributed by atoms with van der Waals surface area (Å²) in [6, 6.07) is 3.96. The van der Waals surface area contributed by atoms with E-state index in [1.807, 2.05) is 47.8 Å². The number of aromatic nitrogens is 1. The van der Waals surface area contributed by atoms with E-state index in [1.54, 1.807) is 11.3 Å². The van der Waals surface area contributed by atoms with E-state index in [-0.39, 0.29) is 12.0 Å². The second kappa shape index (κ2) is 5.66. The Balaban J connectivity index is 1.99. The number of morpholine rings is 1. The molecule has 1 atom stereocenters. The maximum atomic E-state index is 13.0. The standard InChI is InChI=1S/C16H20N2O2S/c1-11-10-18(8-9-20-11)15(19)14-12(2)13(3)21-16(14)17-6-4-5-7-17/h4-7,11H,8-10H2,1-3H3/t11-/m1/s1. The van der Waals surface area contributed by atoms with Crippen LogP contribution in [0.5, 0.6) is 0 Å². The van der Waals surface area contributed by atoms with Gasteiger partial charge in [0.25, 0.3) is 5.91 Å². The summed E-state index contributed by atoms with van der Waals surface area (Å²) < 4.78 is 7.57. The van der Waals surface area contributed by atoms with Crippen molar-refractivity contribution in [3.05, 3.63) is 40.5 Å². The molecule has 112 valence electrons. The van der Waals surface area contributed by atoms with Crippen LogP contribution in [0.4, 0.5) is 0 Å². The summed E-state index contributed by atoms with van der Waals surface area (Å²) in [6.07, 6.45) is 4.09. The lowest BCUT2D eigenvalue weighted by Crippen LogP contribution is -2.44. The van der Waals surface area contributed by atoms with E-state index in [0.717, 1.165) is 16.1 Å². The smallest absolute Gasteiger partial charge is 0.257 e. The second-order valence-electron chi connectivity index (χ2n) is 5.49. The molecule has 0 aromatic carbocycles. The molecule has 1 aliphatic rings. The number of hydrogen-bond acceptors (Lipinski definition) is 3. The summed E-state index contributed by atoms with van der Waals surface area (Å²) >= 11 is 1.68. The normalized spacial score (nSPS) is 19.0. The van der Waals surface area contributed by atoms with Gasteiger partial charge in [-0.25, -0.2) is 0 Å². The van der Waals surface area contributed by atoms with Crippen molar-refractivity contribution >= 4 is 17.2 Å². The Hall–Kier alpha value is -1.59. The number of ether oxygens (including phenoxy) is 1. The fourth-order valence-electron chi connectivity index (χ4n) is 2.67. The highest BCUT2D eigenvalue weighted by Gasteiger charge is 2.28. The van der Waals surface area contributed by atoms with E-state index in [0.29, 0.717) is 19.7 Å². The highest BCUT2D eigenvalue weighted by molar-refractivity contribution is 7.15. The Kier molecular flexibility index (Phi) is 3.87. The molecule has 21 heavy (non-hydrogen) atoms. The molecule has 1 saturated heterocycles. The first-order valence-corrected chi connectivity index (χ1v) is 8.03. The Bertz CT molecular complexity index is 646. The number of carbonyl (C=O) groups is 1. The van der Waals surface area contributed by atoms with E-state index >= 15 is 0 Å². The molecule has 0 saturated carbocycles. The fourth-order valence-corrected chi connectivity index (χ4v) is 3.79. The number of rotatable bonds is 2. The topological polar surface area (TPSA) is 34.5 Å². The van der Waals surface area contributed by atoms with Gasteiger partial charge < -0.3 is 14.2 Å². The molecule has 0 aliphatic carbocycles. The Morgan fingerprint density at radius 2 is 2.05 bits per heavy atom. The second-order valence-corrected chi connectivity index (χ2v) is 6.69. The van der Waals surface area contributed by atoms with Crippen LogP contribution in [0.25, 0.3) is 5.00 Å².